The van der Waals surface area contributed by atoms with Crippen molar-refractivity contribution in [2.75, 3.05) is 0 Å². The van der Waals surface area contributed by atoms with Crippen LogP contribution in [0.4, 0.5) is 0 Å². The van der Waals surface area contributed by atoms with E-state index in [0.29, 0.717) is 5.92 Å². The number of nitrogens with one attached hydrogen (secondary N) is 1. The lowest BCUT2D eigenvalue weighted by molar-refractivity contribution is 0.549. The highest BCUT2D eigenvalue weighted by atomic mass is 127. The first kappa shape index (κ1) is 16.9. The lowest BCUT2D eigenvalue weighted by Crippen LogP contribution is -2.30. The van der Waals surface area contributed by atoms with Crippen molar-refractivity contribution in [2.24, 2.45) is 5.84 Å². The van der Waals surface area contributed by atoms with Gasteiger partial charge in [0.2, 0.25) is 0 Å². The molecule has 0 aromatic heterocycles. The zero-order chi connectivity index (χ0) is 15.4. The molecule has 2 nitrogen and oxygen atoms in total. The number of rotatable bonds is 5. The van der Waals surface area contributed by atoms with Crippen LogP contribution in [0.3, 0.4) is 0 Å². The van der Waals surface area contributed by atoms with Gasteiger partial charge in [0.25, 0.3) is 0 Å². The Morgan fingerprint density at radius 1 is 1.14 bits per heavy atom. The number of nitrogens with two attached hydrogens (primary N) is 1. The summed E-state index contributed by atoms with van der Waals surface area (Å²) in [4.78, 5) is 0. The van der Waals surface area contributed by atoms with Crippen LogP contribution < -0.4 is 11.3 Å². The predicted octanol–water partition coefficient (Wildman–Crippen LogP) is 4.92. The highest BCUT2D eigenvalue weighted by Crippen LogP contribution is 2.28. The van der Waals surface area contributed by atoms with Gasteiger partial charge in [-0.15, -0.1) is 0 Å². The molecule has 0 fully saturated rings. The summed E-state index contributed by atoms with van der Waals surface area (Å²) in [5.41, 5.74) is 6.78. The minimum atomic E-state index is 0.0963. The molecule has 0 saturated carbocycles. The average molecular weight is 459 g/mol. The summed E-state index contributed by atoms with van der Waals surface area (Å²) in [6, 6.07) is 15.2. The van der Waals surface area contributed by atoms with Gasteiger partial charge in [-0.1, -0.05) is 54.0 Å². The zero-order valence-electron chi connectivity index (χ0n) is 12.2. The molecule has 1 atom stereocenters. The average Bonchev–Trinajstić information content (AvgIpc) is 2.48. The first-order chi connectivity index (χ1) is 10.0. The number of hydrazine groups is 1. The van der Waals surface area contributed by atoms with Crippen molar-refractivity contribution in [1.29, 1.82) is 0 Å². The number of hydrogen-bond acceptors (Lipinski definition) is 2. The smallest absolute Gasteiger partial charge is 0.0511 e. The van der Waals surface area contributed by atoms with Crippen LogP contribution in [0.15, 0.2) is 46.9 Å². The van der Waals surface area contributed by atoms with Gasteiger partial charge in [0.15, 0.2) is 0 Å². The molecule has 0 radical (unpaired) electrons. The molecule has 0 spiro atoms. The molecule has 1 unspecified atom stereocenters. The van der Waals surface area contributed by atoms with Gasteiger partial charge in [0.1, 0.15) is 0 Å². The minimum absolute atomic E-state index is 0.0963. The van der Waals surface area contributed by atoms with Gasteiger partial charge in [0.05, 0.1) is 6.04 Å². The molecule has 0 heterocycles. The van der Waals surface area contributed by atoms with E-state index in [4.69, 9.17) is 5.84 Å². The van der Waals surface area contributed by atoms with Crippen molar-refractivity contribution in [1.82, 2.24) is 5.43 Å². The van der Waals surface area contributed by atoms with Crippen LogP contribution in [0.5, 0.6) is 0 Å². The molecule has 0 aliphatic rings. The second-order valence-corrected chi connectivity index (χ2v) is 7.59. The maximum atomic E-state index is 5.78. The summed E-state index contributed by atoms with van der Waals surface area (Å²) in [6.07, 6.45) is 0.869. The van der Waals surface area contributed by atoms with Crippen LogP contribution in [-0.2, 0) is 6.42 Å². The fraction of sp³-hybridized carbons (Fsp3) is 0.294. The summed E-state index contributed by atoms with van der Waals surface area (Å²) in [5.74, 6) is 6.34. The monoisotopic (exact) mass is 458 g/mol. The van der Waals surface area contributed by atoms with Crippen molar-refractivity contribution >= 4 is 38.5 Å². The molecule has 4 heteroatoms. The molecule has 2 aromatic carbocycles. The Balaban J connectivity index is 2.20. The predicted molar refractivity (Wildman–Crippen MR) is 101 cm³/mol. The second kappa shape index (κ2) is 7.72. The van der Waals surface area contributed by atoms with Gasteiger partial charge >= 0.3 is 0 Å². The van der Waals surface area contributed by atoms with E-state index in [1.54, 1.807) is 0 Å². The largest absolute Gasteiger partial charge is 0.271 e. The van der Waals surface area contributed by atoms with E-state index in [1.807, 2.05) is 0 Å². The van der Waals surface area contributed by atoms with Gasteiger partial charge < -0.3 is 0 Å². The van der Waals surface area contributed by atoms with Gasteiger partial charge in [-0.3, -0.25) is 11.3 Å². The van der Waals surface area contributed by atoms with Crippen LogP contribution in [-0.4, -0.2) is 0 Å². The highest BCUT2D eigenvalue weighted by Gasteiger charge is 2.14. The first-order valence-electron chi connectivity index (χ1n) is 7.01. The summed E-state index contributed by atoms with van der Waals surface area (Å²) in [7, 11) is 0. The standard InChI is InChI=1S/C17H20BrIN2/c1-11(2)13-5-3-12(4-6-13)9-17(21-20)15-10-14(19)7-8-16(15)18/h3-8,10-11,17,21H,9,20H2,1-2H3. The molecule has 2 rings (SSSR count). The van der Waals surface area contributed by atoms with Crippen molar-refractivity contribution in [3.05, 3.63) is 67.2 Å². The minimum Gasteiger partial charge on any atom is -0.271 e. The van der Waals surface area contributed by atoms with E-state index in [-0.39, 0.29) is 6.04 Å². The third kappa shape index (κ3) is 4.52. The second-order valence-electron chi connectivity index (χ2n) is 5.49. The summed E-state index contributed by atoms with van der Waals surface area (Å²) < 4.78 is 2.30. The lowest BCUT2D eigenvalue weighted by atomic mass is 9.96. The molecule has 0 saturated heterocycles. The van der Waals surface area contributed by atoms with E-state index in [1.165, 1.54) is 20.3 Å². The molecular formula is C17H20BrIN2. The Labute approximate surface area is 148 Å². The van der Waals surface area contributed by atoms with E-state index in [0.717, 1.165) is 10.9 Å². The molecule has 2 aromatic rings. The number of halogens is 2. The Morgan fingerprint density at radius 2 is 1.81 bits per heavy atom. The quantitative estimate of drug-likeness (QED) is 0.379. The topological polar surface area (TPSA) is 38.0 Å². The molecule has 112 valence electrons. The Hall–Kier alpha value is -0.430. The molecule has 0 bridgehead atoms. The lowest BCUT2D eigenvalue weighted by Gasteiger charge is -2.19. The molecule has 0 aliphatic carbocycles. The Bertz CT molecular complexity index is 596. The Morgan fingerprint density at radius 3 is 2.38 bits per heavy atom. The fourth-order valence-corrected chi connectivity index (χ4v) is 3.35. The molecule has 21 heavy (non-hydrogen) atoms. The fourth-order valence-electron chi connectivity index (χ4n) is 2.31. The van der Waals surface area contributed by atoms with Crippen molar-refractivity contribution in [3.8, 4) is 0 Å². The molecular weight excluding hydrogens is 439 g/mol. The maximum Gasteiger partial charge on any atom is 0.0511 e. The first-order valence-corrected chi connectivity index (χ1v) is 8.88. The van der Waals surface area contributed by atoms with Crippen molar-refractivity contribution < 1.29 is 0 Å². The number of benzene rings is 2. The third-order valence-corrected chi connectivity index (χ3v) is 5.01. The van der Waals surface area contributed by atoms with Crippen LogP contribution in [0, 0.1) is 3.57 Å². The highest BCUT2D eigenvalue weighted by molar-refractivity contribution is 14.1. The van der Waals surface area contributed by atoms with Crippen LogP contribution >= 0.6 is 38.5 Å². The SMILES string of the molecule is CC(C)c1ccc(CC(NN)c2cc(I)ccc2Br)cc1. The normalized spacial score (nSPS) is 12.7. The van der Waals surface area contributed by atoms with Gasteiger partial charge in [-0.05, 0) is 69.8 Å². The van der Waals surface area contributed by atoms with Gasteiger partial charge in [0, 0.05) is 8.04 Å². The maximum absolute atomic E-state index is 5.78. The molecule has 3 N–H and O–H groups in total. The van der Waals surface area contributed by atoms with E-state index < -0.39 is 0 Å². The van der Waals surface area contributed by atoms with Crippen LogP contribution in [0.2, 0.25) is 0 Å². The van der Waals surface area contributed by atoms with E-state index in [9.17, 15) is 0 Å². The van der Waals surface area contributed by atoms with Crippen molar-refractivity contribution in [3.63, 3.8) is 0 Å². The summed E-state index contributed by atoms with van der Waals surface area (Å²) >= 11 is 5.94. The van der Waals surface area contributed by atoms with E-state index in [2.05, 4.69) is 100 Å². The van der Waals surface area contributed by atoms with Gasteiger partial charge in [-0.25, -0.2) is 0 Å². The van der Waals surface area contributed by atoms with E-state index >= 15 is 0 Å². The number of hydrogen-bond donors (Lipinski definition) is 2. The van der Waals surface area contributed by atoms with Crippen LogP contribution in [0.25, 0.3) is 0 Å². The Kier molecular flexibility index (Phi) is 6.22. The third-order valence-electron chi connectivity index (χ3n) is 3.62. The summed E-state index contributed by atoms with van der Waals surface area (Å²) in [5, 5.41) is 0. The molecule has 0 amide bonds. The van der Waals surface area contributed by atoms with Gasteiger partial charge in [-0.2, -0.15) is 0 Å². The van der Waals surface area contributed by atoms with Crippen molar-refractivity contribution in [2.45, 2.75) is 32.2 Å². The zero-order valence-corrected chi connectivity index (χ0v) is 16.0. The summed E-state index contributed by atoms with van der Waals surface area (Å²) in [6.45, 7) is 4.42. The molecule has 0 aliphatic heterocycles. The van der Waals surface area contributed by atoms with Crippen LogP contribution in [0.1, 0.15) is 42.5 Å².